The van der Waals surface area contributed by atoms with E-state index in [1.807, 2.05) is 55.7 Å². The third-order valence-electron chi connectivity index (χ3n) is 8.66. The lowest BCUT2D eigenvalue weighted by Crippen LogP contribution is -2.47. The first-order chi connectivity index (χ1) is 26.6. The number of carbonyl (C=O) groups is 6. The Morgan fingerprint density at radius 1 is 0.947 bits per heavy atom. The lowest BCUT2D eigenvalue weighted by molar-refractivity contribution is -0.192. The second kappa shape index (κ2) is 19.9. The van der Waals surface area contributed by atoms with Crippen LogP contribution in [0.2, 0.25) is 0 Å². The predicted molar refractivity (Wildman–Crippen MR) is 196 cm³/mol. The number of aliphatic carboxylic acids is 1. The number of halogens is 5. The van der Waals surface area contributed by atoms with Gasteiger partial charge in [0.1, 0.15) is 18.2 Å². The molecular weight excluding hydrogens is 761 g/mol. The van der Waals surface area contributed by atoms with E-state index in [9.17, 15) is 51.0 Å². The Labute approximate surface area is 324 Å². The Kier molecular flexibility index (Phi) is 15.9. The van der Waals surface area contributed by atoms with Gasteiger partial charge in [-0.15, -0.1) is 0 Å². The summed E-state index contributed by atoms with van der Waals surface area (Å²) in [7, 11) is 0. The third kappa shape index (κ3) is 13.2. The van der Waals surface area contributed by atoms with Gasteiger partial charge in [-0.3, -0.25) is 28.9 Å². The number of benzene rings is 2. The van der Waals surface area contributed by atoms with E-state index in [0.717, 1.165) is 40.8 Å². The zero-order valence-corrected chi connectivity index (χ0v) is 31.4. The number of carboxylic acid groups (broad SMARTS) is 1. The molecule has 0 unspecified atom stereocenters. The molecule has 2 heterocycles. The van der Waals surface area contributed by atoms with Crippen LogP contribution in [0.5, 0.6) is 0 Å². The van der Waals surface area contributed by atoms with E-state index in [-0.39, 0.29) is 50.2 Å². The number of aliphatic hydroxyl groups is 1. The van der Waals surface area contributed by atoms with E-state index >= 15 is 0 Å². The van der Waals surface area contributed by atoms with Gasteiger partial charge >= 0.3 is 12.1 Å². The van der Waals surface area contributed by atoms with Crippen molar-refractivity contribution in [1.82, 2.24) is 19.7 Å². The van der Waals surface area contributed by atoms with Crippen molar-refractivity contribution in [1.29, 1.82) is 0 Å². The van der Waals surface area contributed by atoms with E-state index in [0.29, 0.717) is 17.8 Å². The molecule has 4 rings (SSSR count). The zero-order chi connectivity index (χ0) is 42.7. The van der Waals surface area contributed by atoms with Crippen molar-refractivity contribution in [2.24, 2.45) is 11.1 Å². The van der Waals surface area contributed by atoms with E-state index < -0.39 is 71.5 Å². The number of nitrogens with two attached hydrogens (primary N) is 1. The minimum absolute atomic E-state index is 0.0134. The number of Topliss-reactive ketones (excluding diaryl/α,β-unsaturated/α-hetero) is 1. The molecule has 1 aliphatic heterocycles. The molecule has 3 aromatic rings. The molecule has 0 saturated carbocycles. The quantitative estimate of drug-likeness (QED) is 0.0937. The molecule has 1 aliphatic rings. The van der Waals surface area contributed by atoms with Gasteiger partial charge in [-0.05, 0) is 48.1 Å². The second-order valence-electron chi connectivity index (χ2n) is 14.1. The highest BCUT2D eigenvalue weighted by Crippen LogP contribution is 2.41. The zero-order valence-electron chi connectivity index (χ0n) is 31.4. The van der Waals surface area contributed by atoms with Gasteiger partial charge in [-0.25, -0.2) is 13.6 Å². The van der Waals surface area contributed by atoms with Crippen molar-refractivity contribution < 1.29 is 60.9 Å². The van der Waals surface area contributed by atoms with E-state index in [2.05, 4.69) is 5.32 Å². The van der Waals surface area contributed by atoms with Crippen LogP contribution in [-0.2, 0) is 35.3 Å². The maximum atomic E-state index is 15.0. The summed E-state index contributed by atoms with van der Waals surface area (Å²) in [5.41, 5.74) is 7.59. The monoisotopic (exact) mass is 805 g/mol. The fourth-order valence-corrected chi connectivity index (χ4v) is 5.98. The van der Waals surface area contributed by atoms with Gasteiger partial charge in [0.25, 0.3) is 11.8 Å². The van der Waals surface area contributed by atoms with Gasteiger partial charge in [0.05, 0.1) is 18.6 Å². The van der Waals surface area contributed by atoms with Crippen LogP contribution in [0.3, 0.4) is 0 Å². The fourth-order valence-electron chi connectivity index (χ4n) is 5.98. The number of aromatic nitrogens is 1. The summed E-state index contributed by atoms with van der Waals surface area (Å²) in [6.45, 7) is 5.06. The summed E-state index contributed by atoms with van der Waals surface area (Å²) in [4.78, 5) is 73.0. The van der Waals surface area contributed by atoms with Crippen molar-refractivity contribution in [3.05, 3.63) is 95.8 Å². The van der Waals surface area contributed by atoms with Crippen molar-refractivity contribution in [2.45, 2.75) is 64.8 Å². The molecule has 0 bridgehead atoms. The van der Waals surface area contributed by atoms with Crippen molar-refractivity contribution in [2.75, 3.05) is 26.2 Å². The summed E-state index contributed by atoms with van der Waals surface area (Å²) >= 11 is 0. The molecule has 57 heavy (non-hydrogen) atoms. The molecule has 0 saturated heterocycles. The number of hydrogen-bond acceptors (Lipinski definition) is 8. The number of aliphatic hydroxyl groups excluding tert-OH is 1. The molecule has 0 radical (unpaired) electrons. The van der Waals surface area contributed by atoms with Crippen LogP contribution >= 0.6 is 0 Å². The largest absolute Gasteiger partial charge is 0.490 e. The average molecular weight is 806 g/mol. The Balaban J connectivity index is 0.00000113. The molecular formula is C39H44F5N5O8. The van der Waals surface area contributed by atoms with E-state index in [4.69, 9.17) is 15.6 Å². The molecule has 2 aromatic carbocycles. The summed E-state index contributed by atoms with van der Waals surface area (Å²) < 4.78 is 62.8. The molecule has 18 heteroatoms. The Morgan fingerprint density at radius 3 is 2.12 bits per heavy atom. The van der Waals surface area contributed by atoms with Gasteiger partial charge in [0, 0.05) is 61.2 Å². The Bertz CT molecular complexity index is 1940. The third-order valence-corrected chi connectivity index (χ3v) is 8.66. The Morgan fingerprint density at radius 2 is 1.56 bits per heavy atom. The maximum Gasteiger partial charge on any atom is 0.490 e. The van der Waals surface area contributed by atoms with Gasteiger partial charge in [-0.2, -0.15) is 13.2 Å². The van der Waals surface area contributed by atoms with Crippen LogP contribution in [-0.4, -0.2) is 98.4 Å². The number of imide groups is 1. The molecule has 2 atom stereocenters. The number of hydrogen-bond donors (Lipinski definition) is 4. The van der Waals surface area contributed by atoms with Crippen LogP contribution in [0, 0.1) is 17.0 Å². The van der Waals surface area contributed by atoms with E-state index in [1.165, 1.54) is 4.90 Å². The van der Waals surface area contributed by atoms with Crippen molar-refractivity contribution in [3.8, 4) is 11.1 Å². The fraction of sp³-hybridized carbons (Fsp3) is 0.385. The number of alkyl halides is 3. The molecule has 13 nitrogen and oxygen atoms in total. The second-order valence-corrected chi connectivity index (χ2v) is 14.1. The van der Waals surface area contributed by atoms with Crippen LogP contribution in [0.25, 0.3) is 11.1 Å². The summed E-state index contributed by atoms with van der Waals surface area (Å²) in [5.74, 6) is -6.51. The number of ketones is 1. The number of carbonyl (C=O) groups excluding carboxylic acids is 5. The highest BCUT2D eigenvalue weighted by Gasteiger charge is 2.39. The van der Waals surface area contributed by atoms with Crippen LogP contribution in [0.15, 0.2) is 72.9 Å². The van der Waals surface area contributed by atoms with Gasteiger partial charge in [0.15, 0.2) is 5.78 Å². The maximum absolute atomic E-state index is 15.0. The van der Waals surface area contributed by atoms with Crippen LogP contribution < -0.4 is 11.1 Å². The highest BCUT2D eigenvalue weighted by molar-refractivity contribution is 6.14. The number of nitrogens with zero attached hydrogens (tertiary/aromatic N) is 3. The number of amides is 4. The molecule has 308 valence electrons. The molecule has 0 fully saturated rings. The lowest BCUT2D eigenvalue weighted by atomic mass is 9.82. The molecule has 0 aliphatic carbocycles. The summed E-state index contributed by atoms with van der Waals surface area (Å²) in [6.07, 6.45) is -0.854. The average Bonchev–Trinajstić information content (AvgIpc) is 3.69. The van der Waals surface area contributed by atoms with Crippen molar-refractivity contribution >= 4 is 35.4 Å². The SMILES string of the molecule is CC(C)(C)[C@H](c1cc(-c2cc(F)ccc2F)cn1Cc1ccccc1)N(CC[C@H](N)C(=O)NCCCC(=O)CN1C(=O)C=CC1=O)C(=O)CO.O=C(O)C(F)(F)F. The molecule has 1 aromatic heterocycles. The van der Waals surface area contributed by atoms with E-state index in [1.54, 1.807) is 12.3 Å². The van der Waals surface area contributed by atoms with Gasteiger partial charge in [-0.1, -0.05) is 51.1 Å². The minimum atomic E-state index is -5.08. The Hall–Kier alpha value is -5.75. The van der Waals surface area contributed by atoms with Crippen LogP contribution in [0.1, 0.15) is 57.3 Å². The number of carboxylic acids is 1. The minimum Gasteiger partial charge on any atom is -0.475 e. The number of rotatable bonds is 16. The smallest absolute Gasteiger partial charge is 0.475 e. The van der Waals surface area contributed by atoms with Crippen molar-refractivity contribution in [3.63, 3.8) is 0 Å². The van der Waals surface area contributed by atoms with Gasteiger partial charge in [0.2, 0.25) is 11.8 Å². The molecule has 5 N–H and O–H groups in total. The first kappa shape index (κ1) is 45.6. The standard InChI is InChI=1S/C37H43F2N5O6.C2HF3O2/c1-37(2,3)35(31-18-25(28-19-26(38)11-12-29(28)39)21-42(31)20-24-8-5-4-6-9-24)43(34(49)23-45)17-15-30(40)36(50)41-16-7-10-27(46)22-44-32(47)13-14-33(44)48;3-2(4,5)1(6)7/h4-6,8-9,11-14,18-19,21,30,35,45H,7,10,15-17,20,22-23,40H2,1-3H3,(H,41,50);(H,6,7)/t30-,35-;/m0./s1. The molecule has 0 spiro atoms. The summed E-state index contributed by atoms with van der Waals surface area (Å²) in [6, 6.07) is 12.7. The van der Waals surface area contributed by atoms with Crippen LogP contribution in [0.4, 0.5) is 22.0 Å². The molecule has 4 amide bonds. The first-order valence-electron chi connectivity index (χ1n) is 17.6. The first-order valence-corrected chi connectivity index (χ1v) is 17.6. The normalized spacial score (nSPS) is 13.8. The number of nitrogens with one attached hydrogen (secondary N) is 1. The summed E-state index contributed by atoms with van der Waals surface area (Å²) in [5, 5.41) is 19.8. The topological polar surface area (TPSA) is 192 Å². The highest BCUT2D eigenvalue weighted by atomic mass is 19.4. The van der Waals surface area contributed by atoms with Gasteiger partial charge < -0.3 is 30.7 Å². The predicted octanol–water partition coefficient (Wildman–Crippen LogP) is 4.13. The lowest BCUT2D eigenvalue weighted by Gasteiger charge is -2.41.